The Morgan fingerprint density at radius 2 is 2.10 bits per heavy atom. The summed E-state index contributed by atoms with van der Waals surface area (Å²) in [4.78, 5) is 3.75. The van der Waals surface area contributed by atoms with E-state index in [1.165, 1.54) is 12.1 Å². The maximum Gasteiger partial charge on any atom is 0.238 e. The lowest BCUT2D eigenvalue weighted by atomic mass is 10.1. The number of pyridine rings is 1. The summed E-state index contributed by atoms with van der Waals surface area (Å²) in [6.45, 7) is 2.32. The normalized spacial score (nSPS) is 11.3. The summed E-state index contributed by atoms with van der Waals surface area (Å²) in [7, 11) is -3.89. The SMILES string of the molecule is Cc1ccncc1CNc1ccc(S(N)(=O)=O)cc1F. The van der Waals surface area contributed by atoms with E-state index in [-0.39, 0.29) is 10.6 Å². The lowest BCUT2D eigenvalue weighted by Gasteiger charge is -2.10. The van der Waals surface area contributed by atoms with Crippen molar-refractivity contribution in [1.82, 2.24) is 4.98 Å². The summed E-state index contributed by atoms with van der Waals surface area (Å²) in [5.41, 5.74) is 2.18. The van der Waals surface area contributed by atoms with Gasteiger partial charge in [-0.3, -0.25) is 4.98 Å². The van der Waals surface area contributed by atoms with Crippen LogP contribution in [0.1, 0.15) is 11.1 Å². The highest BCUT2D eigenvalue weighted by molar-refractivity contribution is 7.89. The van der Waals surface area contributed by atoms with E-state index in [1.807, 2.05) is 13.0 Å². The number of anilines is 1. The minimum Gasteiger partial charge on any atom is -0.379 e. The topological polar surface area (TPSA) is 85.1 Å². The lowest BCUT2D eigenvalue weighted by Crippen LogP contribution is -2.13. The van der Waals surface area contributed by atoms with Gasteiger partial charge in [0.2, 0.25) is 10.0 Å². The second-order valence-electron chi connectivity index (χ2n) is 4.34. The molecule has 0 atom stereocenters. The Bertz CT molecular complexity index is 732. The van der Waals surface area contributed by atoms with E-state index < -0.39 is 15.8 Å². The Kier molecular flexibility index (Phi) is 4.01. The number of halogens is 1. The third-order valence-electron chi connectivity index (χ3n) is 2.89. The number of nitrogens with zero attached hydrogens (tertiary/aromatic N) is 1. The van der Waals surface area contributed by atoms with Crippen LogP contribution in [0.15, 0.2) is 41.6 Å². The first-order valence-corrected chi connectivity index (χ1v) is 7.38. The average Bonchev–Trinajstić information content (AvgIpc) is 2.38. The number of rotatable bonds is 4. The van der Waals surface area contributed by atoms with E-state index in [0.717, 1.165) is 17.2 Å². The maximum absolute atomic E-state index is 13.8. The van der Waals surface area contributed by atoms with E-state index in [9.17, 15) is 12.8 Å². The zero-order valence-electron chi connectivity index (χ0n) is 10.8. The van der Waals surface area contributed by atoms with Gasteiger partial charge in [-0.1, -0.05) is 0 Å². The van der Waals surface area contributed by atoms with Crippen LogP contribution in [-0.2, 0) is 16.6 Å². The number of aryl methyl sites for hydroxylation is 1. The average molecular weight is 295 g/mol. The van der Waals surface area contributed by atoms with E-state index in [0.29, 0.717) is 6.54 Å². The van der Waals surface area contributed by atoms with E-state index in [1.54, 1.807) is 12.4 Å². The number of hydrogen-bond acceptors (Lipinski definition) is 4. The van der Waals surface area contributed by atoms with Crippen LogP contribution in [0.3, 0.4) is 0 Å². The van der Waals surface area contributed by atoms with Crippen molar-refractivity contribution in [2.45, 2.75) is 18.4 Å². The monoisotopic (exact) mass is 295 g/mol. The molecule has 20 heavy (non-hydrogen) atoms. The van der Waals surface area contributed by atoms with Crippen molar-refractivity contribution in [2.24, 2.45) is 5.14 Å². The molecule has 0 aliphatic rings. The fourth-order valence-corrected chi connectivity index (χ4v) is 2.21. The molecular formula is C13H14FN3O2S. The second-order valence-corrected chi connectivity index (χ2v) is 5.90. The summed E-state index contributed by atoms with van der Waals surface area (Å²) in [6.07, 6.45) is 3.37. The minimum atomic E-state index is -3.89. The van der Waals surface area contributed by atoms with Gasteiger partial charge in [-0.15, -0.1) is 0 Å². The molecule has 1 aromatic carbocycles. The Hall–Kier alpha value is -1.99. The molecule has 0 saturated carbocycles. The largest absolute Gasteiger partial charge is 0.379 e. The van der Waals surface area contributed by atoms with Crippen LogP contribution < -0.4 is 10.5 Å². The molecule has 2 rings (SSSR count). The Morgan fingerprint density at radius 3 is 2.70 bits per heavy atom. The predicted molar refractivity (Wildman–Crippen MR) is 74.1 cm³/mol. The molecule has 0 aliphatic carbocycles. The fourth-order valence-electron chi connectivity index (χ4n) is 1.69. The number of aromatic nitrogens is 1. The molecule has 1 heterocycles. The summed E-state index contributed by atoms with van der Waals surface area (Å²) >= 11 is 0. The first-order chi connectivity index (χ1) is 9.38. The first kappa shape index (κ1) is 14.4. The predicted octanol–water partition coefficient (Wildman–Crippen LogP) is 1.79. The zero-order valence-corrected chi connectivity index (χ0v) is 11.6. The maximum atomic E-state index is 13.8. The second kappa shape index (κ2) is 5.56. The lowest BCUT2D eigenvalue weighted by molar-refractivity contribution is 0.593. The van der Waals surface area contributed by atoms with Gasteiger partial charge in [-0.05, 0) is 42.3 Å². The van der Waals surface area contributed by atoms with Gasteiger partial charge in [0.25, 0.3) is 0 Å². The van der Waals surface area contributed by atoms with Crippen LogP contribution in [0.5, 0.6) is 0 Å². The highest BCUT2D eigenvalue weighted by Crippen LogP contribution is 2.19. The number of benzene rings is 1. The molecular weight excluding hydrogens is 281 g/mol. The van der Waals surface area contributed by atoms with Gasteiger partial charge in [-0.2, -0.15) is 0 Å². The summed E-state index contributed by atoms with van der Waals surface area (Å²) < 4.78 is 36.0. The van der Waals surface area contributed by atoms with Gasteiger partial charge >= 0.3 is 0 Å². The zero-order chi connectivity index (χ0) is 14.8. The fraction of sp³-hybridized carbons (Fsp3) is 0.154. The summed E-state index contributed by atoms with van der Waals surface area (Å²) in [5.74, 6) is -0.668. The highest BCUT2D eigenvalue weighted by Gasteiger charge is 2.11. The van der Waals surface area contributed by atoms with Crippen LogP contribution in [-0.4, -0.2) is 13.4 Å². The molecule has 0 aliphatic heterocycles. The first-order valence-electron chi connectivity index (χ1n) is 5.83. The molecule has 0 amide bonds. The van der Waals surface area contributed by atoms with Gasteiger partial charge in [-0.25, -0.2) is 17.9 Å². The molecule has 0 saturated heterocycles. The van der Waals surface area contributed by atoms with Crippen molar-refractivity contribution in [3.05, 3.63) is 53.6 Å². The third kappa shape index (κ3) is 3.31. The molecule has 7 heteroatoms. The van der Waals surface area contributed by atoms with Crippen LogP contribution in [0, 0.1) is 12.7 Å². The van der Waals surface area contributed by atoms with Crippen molar-refractivity contribution >= 4 is 15.7 Å². The molecule has 5 nitrogen and oxygen atoms in total. The summed E-state index contributed by atoms with van der Waals surface area (Å²) in [6, 6.07) is 5.36. The molecule has 0 fully saturated rings. The number of sulfonamides is 1. The van der Waals surface area contributed by atoms with Crippen LogP contribution in [0.2, 0.25) is 0 Å². The van der Waals surface area contributed by atoms with Crippen molar-refractivity contribution < 1.29 is 12.8 Å². The number of nitrogens with one attached hydrogen (secondary N) is 1. The van der Waals surface area contributed by atoms with Crippen LogP contribution >= 0.6 is 0 Å². The van der Waals surface area contributed by atoms with E-state index in [2.05, 4.69) is 10.3 Å². The molecule has 106 valence electrons. The quantitative estimate of drug-likeness (QED) is 0.900. The highest BCUT2D eigenvalue weighted by atomic mass is 32.2. The summed E-state index contributed by atoms with van der Waals surface area (Å²) in [5, 5.41) is 7.84. The van der Waals surface area contributed by atoms with Gasteiger partial charge < -0.3 is 5.32 Å². The number of primary sulfonamides is 1. The Balaban J connectivity index is 2.17. The molecule has 0 radical (unpaired) electrons. The number of nitrogens with two attached hydrogens (primary N) is 1. The Labute approximate surface area is 116 Å². The van der Waals surface area contributed by atoms with Gasteiger partial charge in [0.05, 0.1) is 10.6 Å². The third-order valence-corrected chi connectivity index (χ3v) is 3.80. The molecule has 0 bridgehead atoms. The van der Waals surface area contributed by atoms with Gasteiger partial charge in [0, 0.05) is 18.9 Å². The molecule has 3 N–H and O–H groups in total. The molecule has 0 unspecified atom stereocenters. The molecule has 2 aromatic rings. The Morgan fingerprint density at radius 1 is 1.35 bits per heavy atom. The van der Waals surface area contributed by atoms with Crippen molar-refractivity contribution in [1.29, 1.82) is 0 Å². The molecule has 0 spiro atoms. The van der Waals surface area contributed by atoms with Crippen molar-refractivity contribution in [3.63, 3.8) is 0 Å². The van der Waals surface area contributed by atoms with Crippen LogP contribution in [0.25, 0.3) is 0 Å². The minimum absolute atomic E-state index is 0.209. The van der Waals surface area contributed by atoms with Crippen molar-refractivity contribution in [3.8, 4) is 0 Å². The smallest absolute Gasteiger partial charge is 0.238 e. The van der Waals surface area contributed by atoms with E-state index in [4.69, 9.17) is 5.14 Å². The molecule has 1 aromatic heterocycles. The number of hydrogen-bond donors (Lipinski definition) is 2. The van der Waals surface area contributed by atoms with Crippen molar-refractivity contribution in [2.75, 3.05) is 5.32 Å². The van der Waals surface area contributed by atoms with Gasteiger partial charge in [0.1, 0.15) is 5.82 Å². The van der Waals surface area contributed by atoms with Gasteiger partial charge in [0.15, 0.2) is 0 Å². The van der Waals surface area contributed by atoms with Crippen LogP contribution in [0.4, 0.5) is 10.1 Å². The van der Waals surface area contributed by atoms with E-state index >= 15 is 0 Å². The standard InChI is InChI=1S/C13H14FN3O2S/c1-9-4-5-16-7-10(9)8-17-13-3-2-11(6-12(13)14)20(15,18)19/h2-7,17H,8H2,1H3,(H2,15,18,19).